The maximum Gasteiger partial charge on any atom is 0.231 e. The molecular weight excluding hydrogens is 218 g/mol. The lowest BCUT2D eigenvalue weighted by molar-refractivity contribution is 0.174. The first-order valence-corrected chi connectivity index (χ1v) is 5.40. The molecule has 0 saturated carbocycles. The van der Waals surface area contributed by atoms with Crippen molar-refractivity contribution in [3.8, 4) is 22.8 Å². The number of nitrogens with two attached hydrogens (primary N) is 1. The van der Waals surface area contributed by atoms with Crippen molar-refractivity contribution in [1.29, 1.82) is 0 Å². The zero-order valence-electron chi connectivity index (χ0n) is 9.51. The number of rotatable bonds is 2. The molecule has 0 spiro atoms. The van der Waals surface area contributed by atoms with E-state index in [2.05, 4.69) is 4.98 Å². The summed E-state index contributed by atoms with van der Waals surface area (Å²) in [6.45, 7) is 0.707. The molecule has 0 atom stereocenters. The summed E-state index contributed by atoms with van der Waals surface area (Å²) in [5.41, 5.74) is 8.62. The summed E-state index contributed by atoms with van der Waals surface area (Å²) in [6.07, 6.45) is 1.77. The van der Waals surface area contributed by atoms with Crippen molar-refractivity contribution < 1.29 is 9.47 Å². The van der Waals surface area contributed by atoms with Crippen LogP contribution in [0.2, 0.25) is 0 Å². The van der Waals surface area contributed by atoms with Gasteiger partial charge in [0.05, 0.1) is 17.7 Å². The zero-order chi connectivity index (χ0) is 11.8. The average molecular weight is 231 g/mol. The average Bonchev–Trinajstić information content (AvgIpc) is 2.93. The number of ether oxygens (including phenoxy) is 2. The van der Waals surface area contributed by atoms with Crippen LogP contribution in [0.4, 0.5) is 0 Å². The van der Waals surface area contributed by atoms with Crippen LogP contribution in [0.1, 0.15) is 5.69 Å². The molecule has 0 unspecified atom stereocenters. The van der Waals surface area contributed by atoms with Crippen molar-refractivity contribution in [2.24, 2.45) is 12.8 Å². The lowest BCUT2D eigenvalue weighted by atomic mass is 10.1. The van der Waals surface area contributed by atoms with E-state index in [1.54, 1.807) is 6.33 Å². The molecule has 1 aromatic heterocycles. The number of hydrogen-bond donors (Lipinski definition) is 1. The summed E-state index contributed by atoms with van der Waals surface area (Å²) in [4.78, 5) is 4.27. The van der Waals surface area contributed by atoms with Gasteiger partial charge in [0.1, 0.15) is 0 Å². The second kappa shape index (κ2) is 3.78. The Morgan fingerprint density at radius 2 is 2.18 bits per heavy atom. The van der Waals surface area contributed by atoms with Crippen LogP contribution in [0.3, 0.4) is 0 Å². The normalized spacial score (nSPS) is 13.1. The fourth-order valence-electron chi connectivity index (χ4n) is 2.04. The minimum absolute atomic E-state index is 0.286. The Kier molecular flexibility index (Phi) is 2.26. The molecule has 0 radical (unpaired) electrons. The fourth-order valence-corrected chi connectivity index (χ4v) is 2.04. The number of nitrogens with zero attached hydrogens (tertiary/aromatic N) is 2. The number of benzene rings is 1. The predicted octanol–water partition coefficient (Wildman–Crippen LogP) is 1.27. The second-order valence-electron chi connectivity index (χ2n) is 3.92. The van der Waals surface area contributed by atoms with Crippen LogP contribution in [-0.2, 0) is 13.6 Å². The van der Waals surface area contributed by atoms with E-state index in [9.17, 15) is 0 Å². The third-order valence-electron chi connectivity index (χ3n) is 2.85. The lowest BCUT2D eigenvalue weighted by Gasteiger charge is -2.06. The van der Waals surface area contributed by atoms with E-state index in [0.717, 1.165) is 28.5 Å². The standard InChI is InChI=1S/C12H13N3O2/c1-15-6-14-9(5-13)12(15)8-2-3-10-11(4-8)17-7-16-10/h2-4,6H,5,7,13H2,1H3. The molecule has 0 aliphatic carbocycles. The van der Waals surface area contributed by atoms with E-state index >= 15 is 0 Å². The molecule has 2 aromatic rings. The van der Waals surface area contributed by atoms with Gasteiger partial charge in [-0.25, -0.2) is 4.98 Å². The second-order valence-corrected chi connectivity index (χ2v) is 3.92. The van der Waals surface area contributed by atoms with E-state index in [-0.39, 0.29) is 6.79 Å². The highest BCUT2D eigenvalue weighted by Crippen LogP contribution is 2.36. The molecule has 2 N–H and O–H groups in total. The van der Waals surface area contributed by atoms with E-state index in [1.165, 1.54) is 0 Å². The Labute approximate surface area is 98.8 Å². The lowest BCUT2D eigenvalue weighted by Crippen LogP contribution is -2.00. The van der Waals surface area contributed by atoms with Crippen LogP contribution >= 0.6 is 0 Å². The van der Waals surface area contributed by atoms with Gasteiger partial charge in [0.2, 0.25) is 6.79 Å². The fraction of sp³-hybridized carbons (Fsp3) is 0.250. The van der Waals surface area contributed by atoms with Crippen LogP contribution in [0, 0.1) is 0 Å². The molecule has 88 valence electrons. The molecule has 5 heteroatoms. The van der Waals surface area contributed by atoms with Crippen LogP contribution < -0.4 is 15.2 Å². The van der Waals surface area contributed by atoms with Gasteiger partial charge in [0.15, 0.2) is 11.5 Å². The predicted molar refractivity (Wildman–Crippen MR) is 62.7 cm³/mol. The first-order chi connectivity index (χ1) is 8.29. The molecule has 0 saturated heterocycles. The monoisotopic (exact) mass is 231 g/mol. The molecular formula is C12H13N3O2. The minimum atomic E-state index is 0.286. The molecule has 0 amide bonds. The highest BCUT2D eigenvalue weighted by atomic mass is 16.7. The van der Waals surface area contributed by atoms with Gasteiger partial charge in [-0.2, -0.15) is 0 Å². The highest BCUT2D eigenvalue weighted by molar-refractivity contribution is 5.66. The Morgan fingerprint density at radius 1 is 1.35 bits per heavy atom. The number of aryl methyl sites for hydroxylation is 1. The van der Waals surface area contributed by atoms with Gasteiger partial charge in [-0.15, -0.1) is 0 Å². The number of imidazole rings is 1. The van der Waals surface area contributed by atoms with Crippen LogP contribution in [0.5, 0.6) is 11.5 Å². The zero-order valence-corrected chi connectivity index (χ0v) is 9.51. The van der Waals surface area contributed by atoms with E-state index in [0.29, 0.717) is 6.54 Å². The molecule has 3 rings (SSSR count). The Bertz CT molecular complexity index is 563. The Hall–Kier alpha value is -2.01. The first kappa shape index (κ1) is 10.2. The van der Waals surface area contributed by atoms with Gasteiger partial charge in [0, 0.05) is 19.2 Å². The summed E-state index contributed by atoms with van der Waals surface area (Å²) >= 11 is 0. The summed E-state index contributed by atoms with van der Waals surface area (Å²) in [7, 11) is 1.95. The van der Waals surface area contributed by atoms with Gasteiger partial charge in [-0.05, 0) is 18.2 Å². The third kappa shape index (κ3) is 1.55. The highest BCUT2D eigenvalue weighted by Gasteiger charge is 2.16. The quantitative estimate of drug-likeness (QED) is 0.845. The number of fused-ring (bicyclic) bond motifs is 1. The van der Waals surface area contributed by atoms with Gasteiger partial charge in [-0.3, -0.25) is 0 Å². The van der Waals surface area contributed by atoms with Crippen LogP contribution in [0.15, 0.2) is 24.5 Å². The van der Waals surface area contributed by atoms with Crippen molar-refractivity contribution in [1.82, 2.24) is 9.55 Å². The van der Waals surface area contributed by atoms with Crippen LogP contribution in [-0.4, -0.2) is 16.3 Å². The topological polar surface area (TPSA) is 62.3 Å². The molecule has 1 aliphatic rings. The molecule has 1 aliphatic heterocycles. The van der Waals surface area contributed by atoms with E-state index in [4.69, 9.17) is 15.2 Å². The number of aromatic nitrogens is 2. The molecule has 1 aromatic carbocycles. The van der Waals surface area contributed by atoms with Crippen molar-refractivity contribution >= 4 is 0 Å². The largest absolute Gasteiger partial charge is 0.454 e. The summed E-state index contributed by atoms with van der Waals surface area (Å²) in [5, 5.41) is 0. The molecule has 2 heterocycles. The maximum absolute atomic E-state index is 5.68. The van der Waals surface area contributed by atoms with E-state index in [1.807, 2.05) is 29.8 Å². The van der Waals surface area contributed by atoms with Crippen LogP contribution in [0.25, 0.3) is 11.3 Å². The summed E-state index contributed by atoms with van der Waals surface area (Å²) in [6, 6.07) is 5.85. The van der Waals surface area contributed by atoms with Crippen molar-refractivity contribution in [3.63, 3.8) is 0 Å². The molecule has 0 bridgehead atoms. The van der Waals surface area contributed by atoms with Crippen molar-refractivity contribution in [3.05, 3.63) is 30.2 Å². The molecule has 5 nitrogen and oxygen atoms in total. The van der Waals surface area contributed by atoms with Gasteiger partial charge >= 0.3 is 0 Å². The summed E-state index contributed by atoms with van der Waals surface area (Å²) < 4.78 is 12.6. The first-order valence-electron chi connectivity index (χ1n) is 5.40. The van der Waals surface area contributed by atoms with Gasteiger partial charge in [0.25, 0.3) is 0 Å². The molecule has 17 heavy (non-hydrogen) atoms. The molecule has 0 fully saturated rings. The maximum atomic E-state index is 5.68. The Morgan fingerprint density at radius 3 is 3.00 bits per heavy atom. The van der Waals surface area contributed by atoms with Crippen molar-refractivity contribution in [2.45, 2.75) is 6.54 Å². The minimum Gasteiger partial charge on any atom is -0.454 e. The van der Waals surface area contributed by atoms with Crippen molar-refractivity contribution in [2.75, 3.05) is 6.79 Å². The number of hydrogen-bond acceptors (Lipinski definition) is 4. The smallest absolute Gasteiger partial charge is 0.231 e. The van der Waals surface area contributed by atoms with E-state index < -0.39 is 0 Å². The van der Waals surface area contributed by atoms with Gasteiger partial charge < -0.3 is 19.8 Å². The SMILES string of the molecule is Cn1cnc(CN)c1-c1ccc2c(c1)OCO2. The Balaban J connectivity index is 2.12. The van der Waals surface area contributed by atoms with Gasteiger partial charge in [-0.1, -0.05) is 0 Å². The third-order valence-corrected chi connectivity index (χ3v) is 2.85. The summed E-state index contributed by atoms with van der Waals surface area (Å²) in [5.74, 6) is 1.55.